The largest absolute Gasteiger partial charge is 0.473 e. The molecule has 1 atom stereocenters. The Balaban J connectivity index is 2.31. The van der Waals surface area contributed by atoms with Gasteiger partial charge < -0.3 is 15.2 Å². The van der Waals surface area contributed by atoms with E-state index in [-0.39, 0.29) is 12.1 Å². The molecule has 0 radical (unpaired) electrons. The average molecular weight is 259 g/mol. The summed E-state index contributed by atoms with van der Waals surface area (Å²) < 4.78 is 13.6. The maximum Gasteiger partial charge on any atom is 0.249 e. The predicted octanol–water partition coefficient (Wildman–Crippen LogP) is 1.23. The Labute approximate surface area is 107 Å². The maximum atomic E-state index is 9.74. The van der Waals surface area contributed by atoms with E-state index in [2.05, 4.69) is 34.8 Å². The second kappa shape index (κ2) is 6.28. The van der Waals surface area contributed by atoms with Crippen LogP contribution < -0.4 is 10.1 Å². The summed E-state index contributed by atoms with van der Waals surface area (Å²) in [6.07, 6.45) is 0.253. The number of hydrogen-bond donors (Lipinski definition) is 2. The van der Waals surface area contributed by atoms with Gasteiger partial charge in [0.25, 0.3) is 0 Å². The van der Waals surface area contributed by atoms with E-state index in [1.807, 2.05) is 6.92 Å². The molecule has 1 aromatic rings. The molecule has 98 valence electrons. The Morgan fingerprint density at radius 2 is 2.12 bits per heavy atom. The number of aromatic nitrogens is 2. The van der Waals surface area contributed by atoms with Crippen LogP contribution in [0.15, 0.2) is 0 Å². The number of aliphatic hydroxyl groups is 1. The van der Waals surface area contributed by atoms with E-state index in [1.54, 1.807) is 0 Å². The van der Waals surface area contributed by atoms with Crippen molar-refractivity contribution in [3.63, 3.8) is 0 Å². The molecule has 0 saturated carbocycles. The number of nitrogens with one attached hydrogen (secondary N) is 1. The van der Waals surface area contributed by atoms with Gasteiger partial charge in [-0.2, -0.15) is 4.37 Å². The second-order valence-corrected chi connectivity index (χ2v) is 5.49. The molecule has 0 aliphatic carbocycles. The van der Waals surface area contributed by atoms with E-state index in [9.17, 15) is 5.11 Å². The molecule has 0 amide bonds. The number of rotatable bonds is 6. The molecule has 1 rings (SSSR count). The maximum absolute atomic E-state index is 9.74. The molecule has 5 nitrogen and oxygen atoms in total. The van der Waals surface area contributed by atoms with Crippen molar-refractivity contribution in [1.29, 1.82) is 0 Å². The highest BCUT2D eigenvalue weighted by Gasteiger charge is 2.14. The predicted molar refractivity (Wildman–Crippen MR) is 68.5 cm³/mol. The van der Waals surface area contributed by atoms with Crippen molar-refractivity contribution in [1.82, 2.24) is 14.1 Å². The van der Waals surface area contributed by atoms with E-state index >= 15 is 0 Å². The highest BCUT2D eigenvalue weighted by molar-refractivity contribution is 6.99. The fraction of sp³-hybridized carbons (Fsp3) is 0.818. The van der Waals surface area contributed by atoms with Crippen LogP contribution in [0.2, 0.25) is 0 Å². The van der Waals surface area contributed by atoms with E-state index in [0.717, 1.165) is 23.8 Å². The molecule has 0 spiro atoms. The van der Waals surface area contributed by atoms with Crippen LogP contribution >= 0.6 is 11.7 Å². The first-order chi connectivity index (χ1) is 7.92. The monoisotopic (exact) mass is 259 g/mol. The lowest BCUT2D eigenvalue weighted by atomic mass is 10.1. The number of aryl methyl sites for hydroxylation is 1. The van der Waals surface area contributed by atoms with Crippen molar-refractivity contribution in [2.75, 3.05) is 13.2 Å². The smallest absolute Gasteiger partial charge is 0.249 e. The summed E-state index contributed by atoms with van der Waals surface area (Å²) in [6, 6.07) is 0. The minimum Gasteiger partial charge on any atom is -0.473 e. The lowest BCUT2D eigenvalue weighted by Crippen LogP contribution is -2.42. The van der Waals surface area contributed by atoms with Crippen LogP contribution in [0.5, 0.6) is 5.88 Å². The van der Waals surface area contributed by atoms with Gasteiger partial charge in [-0.15, -0.1) is 4.37 Å². The van der Waals surface area contributed by atoms with Gasteiger partial charge in [0.15, 0.2) is 0 Å². The van der Waals surface area contributed by atoms with Crippen LogP contribution in [-0.2, 0) is 6.42 Å². The Bertz CT molecular complexity index is 336. The van der Waals surface area contributed by atoms with Crippen LogP contribution in [-0.4, -0.2) is 38.6 Å². The SMILES string of the molecule is CCc1nsnc1OC[C@@H](O)CNC(C)(C)C. The molecule has 0 aliphatic rings. The minimum absolute atomic E-state index is 0.00224. The zero-order valence-electron chi connectivity index (χ0n) is 10.9. The van der Waals surface area contributed by atoms with E-state index in [4.69, 9.17) is 4.74 Å². The van der Waals surface area contributed by atoms with E-state index in [0.29, 0.717) is 12.4 Å². The Kier molecular flexibility index (Phi) is 5.30. The molecule has 1 aromatic heterocycles. The summed E-state index contributed by atoms with van der Waals surface area (Å²) in [4.78, 5) is 0. The summed E-state index contributed by atoms with van der Waals surface area (Å²) in [5.74, 6) is 0.548. The van der Waals surface area contributed by atoms with Crippen molar-refractivity contribution in [3.8, 4) is 5.88 Å². The fourth-order valence-electron chi connectivity index (χ4n) is 1.18. The average Bonchev–Trinajstić information content (AvgIpc) is 2.69. The van der Waals surface area contributed by atoms with Crippen LogP contribution in [0.1, 0.15) is 33.4 Å². The molecule has 0 bridgehead atoms. The van der Waals surface area contributed by atoms with Gasteiger partial charge in [0, 0.05) is 12.1 Å². The Morgan fingerprint density at radius 1 is 1.41 bits per heavy atom. The molecule has 0 aliphatic heterocycles. The molecular formula is C11H21N3O2S. The molecule has 0 aromatic carbocycles. The lowest BCUT2D eigenvalue weighted by molar-refractivity contribution is 0.0977. The third-order valence-corrected chi connectivity index (χ3v) is 2.69. The van der Waals surface area contributed by atoms with Gasteiger partial charge >= 0.3 is 0 Å². The van der Waals surface area contributed by atoms with Crippen molar-refractivity contribution in [2.45, 2.75) is 45.8 Å². The Hall–Kier alpha value is -0.720. The Morgan fingerprint density at radius 3 is 2.71 bits per heavy atom. The minimum atomic E-state index is -0.541. The lowest BCUT2D eigenvalue weighted by Gasteiger charge is -2.22. The number of β-amino-alcohol motifs (C(OH)–C–C–N with tert-alkyl or cyclic N) is 1. The van der Waals surface area contributed by atoms with E-state index < -0.39 is 6.10 Å². The molecule has 17 heavy (non-hydrogen) atoms. The molecule has 2 N–H and O–H groups in total. The number of hydrogen-bond acceptors (Lipinski definition) is 6. The molecule has 0 fully saturated rings. The van der Waals surface area contributed by atoms with Gasteiger partial charge in [0.1, 0.15) is 18.4 Å². The van der Waals surface area contributed by atoms with Gasteiger partial charge in [0.05, 0.1) is 11.7 Å². The van der Waals surface area contributed by atoms with Crippen molar-refractivity contribution >= 4 is 11.7 Å². The summed E-state index contributed by atoms with van der Waals surface area (Å²) in [6.45, 7) is 8.91. The summed E-state index contributed by atoms with van der Waals surface area (Å²) in [5.41, 5.74) is 0.851. The summed E-state index contributed by atoms with van der Waals surface area (Å²) in [7, 11) is 0. The quantitative estimate of drug-likeness (QED) is 0.804. The first-order valence-electron chi connectivity index (χ1n) is 5.79. The first kappa shape index (κ1) is 14.3. The van der Waals surface area contributed by atoms with Gasteiger partial charge in [-0.1, -0.05) is 6.92 Å². The highest BCUT2D eigenvalue weighted by Crippen LogP contribution is 2.15. The van der Waals surface area contributed by atoms with E-state index in [1.165, 1.54) is 0 Å². The molecule has 1 heterocycles. The molecule has 6 heteroatoms. The normalized spacial score (nSPS) is 13.7. The number of ether oxygens (including phenoxy) is 1. The molecule has 0 saturated heterocycles. The first-order valence-corrected chi connectivity index (χ1v) is 6.52. The van der Waals surface area contributed by atoms with Crippen molar-refractivity contribution in [2.24, 2.45) is 0 Å². The van der Waals surface area contributed by atoms with Gasteiger partial charge in [0.2, 0.25) is 5.88 Å². The van der Waals surface area contributed by atoms with Crippen LogP contribution in [0, 0.1) is 0 Å². The topological polar surface area (TPSA) is 67.3 Å². The number of nitrogens with zero attached hydrogens (tertiary/aromatic N) is 2. The second-order valence-electron chi connectivity index (χ2n) is 4.97. The van der Waals surface area contributed by atoms with Crippen molar-refractivity contribution in [3.05, 3.63) is 5.69 Å². The van der Waals surface area contributed by atoms with Gasteiger partial charge in [-0.05, 0) is 27.2 Å². The van der Waals surface area contributed by atoms with Crippen LogP contribution in [0.4, 0.5) is 0 Å². The molecule has 0 unspecified atom stereocenters. The van der Waals surface area contributed by atoms with Crippen LogP contribution in [0.25, 0.3) is 0 Å². The summed E-state index contributed by atoms with van der Waals surface area (Å²) >= 11 is 1.14. The fourth-order valence-corrected chi connectivity index (χ4v) is 1.76. The summed E-state index contributed by atoms with van der Waals surface area (Å²) in [5, 5.41) is 13.0. The molecular weight excluding hydrogens is 238 g/mol. The zero-order valence-corrected chi connectivity index (χ0v) is 11.7. The van der Waals surface area contributed by atoms with Crippen LogP contribution in [0.3, 0.4) is 0 Å². The van der Waals surface area contributed by atoms with Gasteiger partial charge in [-0.25, -0.2) is 0 Å². The third-order valence-electron chi connectivity index (χ3n) is 2.14. The highest BCUT2D eigenvalue weighted by atomic mass is 32.1. The standard InChI is InChI=1S/C11H21N3O2S/c1-5-9-10(14-17-13-9)16-7-8(15)6-12-11(2,3)4/h8,12,15H,5-7H2,1-4H3/t8-/m0/s1. The zero-order chi connectivity index (χ0) is 12.9. The number of aliphatic hydroxyl groups excluding tert-OH is 1. The van der Waals surface area contributed by atoms with Crippen molar-refractivity contribution < 1.29 is 9.84 Å². The third kappa shape index (κ3) is 5.43. The van der Waals surface area contributed by atoms with Gasteiger partial charge in [-0.3, -0.25) is 0 Å².